The average Bonchev–Trinajstić information content (AvgIpc) is 2.48. The van der Waals surface area contributed by atoms with E-state index in [4.69, 9.17) is 18.0 Å². The lowest BCUT2D eigenvalue weighted by Gasteiger charge is -2.24. The molecule has 7 heteroatoms. The van der Waals surface area contributed by atoms with E-state index in [0.29, 0.717) is 31.1 Å². The molecular weight excluding hydrogens is 292 g/mol. The minimum absolute atomic E-state index is 0.255. The number of Topliss-reactive ketones (excluding diaryl/α,β-unsaturated/α-hetero) is 1. The minimum Gasteiger partial charge on any atom is -0.462 e. The summed E-state index contributed by atoms with van der Waals surface area (Å²) in [6, 6.07) is 0.611. The van der Waals surface area contributed by atoms with Crippen molar-refractivity contribution in [1.29, 1.82) is 0 Å². The lowest BCUT2D eigenvalue weighted by molar-refractivity contribution is -0.139. The smallest absolute Gasteiger partial charge is 0.462 e. The van der Waals surface area contributed by atoms with Crippen LogP contribution in [0.1, 0.15) is 33.6 Å². The van der Waals surface area contributed by atoms with Gasteiger partial charge >= 0.3 is 14.8 Å². The summed E-state index contributed by atoms with van der Waals surface area (Å²) in [5.41, 5.74) is 0.397. The van der Waals surface area contributed by atoms with Gasteiger partial charge in [-0.2, -0.15) is 0 Å². The molecule has 0 rings (SSSR count). The van der Waals surface area contributed by atoms with E-state index >= 15 is 0 Å². The molecule has 0 N–H and O–H groups in total. The fraction of sp³-hybridized carbons (Fsp3) is 0.714. The second-order valence-corrected chi connectivity index (χ2v) is 7.46. The van der Waals surface area contributed by atoms with Crippen molar-refractivity contribution in [2.45, 2.75) is 39.7 Å². The Morgan fingerprint density at radius 3 is 1.76 bits per heavy atom. The van der Waals surface area contributed by atoms with E-state index in [1.54, 1.807) is 35.2 Å². The van der Waals surface area contributed by atoms with Crippen LogP contribution in [0.3, 0.4) is 0 Å². The molecule has 0 fully saturated rings. The van der Waals surface area contributed by atoms with E-state index in [1.165, 1.54) is 0 Å². The number of ketones is 1. The summed E-state index contributed by atoms with van der Waals surface area (Å²) < 4.78 is 20.6. The van der Waals surface area contributed by atoms with Gasteiger partial charge in [-0.25, -0.2) is 4.79 Å². The Morgan fingerprint density at radius 1 is 1.05 bits per heavy atom. The molecule has 0 amide bonds. The van der Waals surface area contributed by atoms with Crippen LogP contribution in [-0.2, 0) is 27.6 Å². The average molecular weight is 320 g/mol. The molecule has 0 unspecified atom stereocenters. The van der Waals surface area contributed by atoms with Crippen molar-refractivity contribution in [2.75, 3.05) is 27.9 Å². The summed E-state index contributed by atoms with van der Waals surface area (Å²) in [4.78, 5) is 20.9. The van der Waals surface area contributed by atoms with Crippen molar-refractivity contribution in [3.8, 4) is 0 Å². The van der Waals surface area contributed by atoms with E-state index in [-0.39, 0.29) is 11.8 Å². The maximum absolute atomic E-state index is 11.1. The van der Waals surface area contributed by atoms with Crippen LogP contribution in [0.4, 0.5) is 0 Å². The first-order chi connectivity index (χ1) is 9.78. The van der Waals surface area contributed by atoms with Gasteiger partial charge in [0.2, 0.25) is 0 Å². The van der Waals surface area contributed by atoms with E-state index in [9.17, 15) is 9.59 Å². The van der Waals surface area contributed by atoms with Crippen molar-refractivity contribution in [2.24, 2.45) is 0 Å². The maximum Gasteiger partial charge on any atom is 0.500 e. The standard InChI is InChI=1S/C10H20O5Si.C4H8O/c1-9(2)10(11)15-7-6-8-16(12-3,13-4)14-5;1-3-4(2)5/h1,6-8H2,2-5H3;3H2,1-2H3. The number of ether oxygens (including phenoxy) is 1. The molecule has 0 spiro atoms. The molecule has 0 saturated heterocycles. The highest BCUT2D eigenvalue weighted by Crippen LogP contribution is 2.14. The molecule has 0 aliphatic heterocycles. The molecule has 0 bridgehead atoms. The van der Waals surface area contributed by atoms with E-state index in [0.717, 1.165) is 0 Å². The zero-order valence-corrected chi connectivity index (χ0v) is 15.0. The fourth-order valence-corrected chi connectivity index (χ4v) is 2.82. The van der Waals surface area contributed by atoms with Gasteiger partial charge in [0, 0.05) is 39.4 Å². The van der Waals surface area contributed by atoms with E-state index in [2.05, 4.69) is 6.58 Å². The number of esters is 1. The zero-order valence-electron chi connectivity index (χ0n) is 14.0. The second-order valence-electron chi connectivity index (χ2n) is 4.37. The zero-order chi connectivity index (χ0) is 16.9. The molecular formula is C14H28O6Si. The third kappa shape index (κ3) is 11.3. The largest absolute Gasteiger partial charge is 0.500 e. The molecule has 0 heterocycles. The summed E-state index contributed by atoms with van der Waals surface area (Å²) >= 11 is 0. The predicted molar refractivity (Wildman–Crippen MR) is 83.0 cm³/mol. The predicted octanol–water partition coefficient (Wildman–Crippen LogP) is 2.36. The lowest BCUT2D eigenvalue weighted by Crippen LogP contribution is -2.42. The molecule has 0 radical (unpaired) electrons. The highest BCUT2D eigenvalue weighted by Gasteiger charge is 2.36. The van der Waals surface area contributed by atoms with Crippen LogP contribution in [0, 0.1) is 0 Å². The van der Waals surface area contributed by atoms with Gasteiger partial charge in [-0.05, 0) is 20.3 Å². The highest BCUT2D eigenvalue weighted by molar-refractivity contribution is 6.60. The first kappa shape index (κ1) is 22.3. The van der Waals surface area contributed by atoms with Gasteiger partial charge in [-0.15, -0.1) is 0 Å². The molecule has 0 atom stereocenters. The number of hydrogen-bond donors (Lipinski definition) is 0. The molecule has 0 aromatic carbocycles. The summed E-state index contributed by atoms with van der Waals surface area (Å²) in [7, 11) is 2.13. The third-order valence-corrected chi connectivity index (χ3v) is 5.47. The molecule has 0 aromatic rings. The first-order valence-electron chi connectivity index (χ1n) is 6.76. The molecule has 0 aliphatic carbocycles. The summed E-state index contributed by atoms with van der Waals surface area (Å²) in [5, 5.41) is 0. The second kappa shape index (κ2) is 12.7. The van der Waals surface area contributed by atoms with Gasteiger partial charge in [-0.3, -0.25) is 0 Å². The van der Waals surface area contributed by atoms with Crippen LogP contribution in [0.5, 0.6) is 0 Å². The number of carbonyl (C=O) groups is 2. The molecule has 6 nitrogen and oxygen atoms in total. The molecule has 124 valence electrons. The van der Waals surface area contributed by atoms with Gasteiger partial charge in [0.1, 0.15) is 5.78 Å². The van der Waals surface area contributed by atoms with Crippen molar-refractivity contribution < 1.29 is 27.6 Å². The van der Waals surface area contributed by atoms with Crippen LogP contribution in [0.15, 0.2) is 12.2 Å². The quantitative estimate of drug-likeness (QED) is 0.281. The Morgan fingerprint density at radius 2 is 1.48 bits per heavy atom. The summed E-state index contributed by atoms with van der Waals surface area (Å²) in [5.74, 6) is -0.121. The van der Waals surface area contributed by atoms with Gasteiger partial charge in [0.15, 0.2) is 0 Å². The maximum atomic E-state index is 11.1. The van der Waals surface area contributed by atoms with Crippen molar-refractivity contribution >= 4 is 20.6 Å². The lowest BCUT2D eigenvalue weighted by atomic mass is 10.4. The van der Waals surface area contributed by atoms with Gasteiger partial charge in [0.25, 0.3) is 0 Å². The van der Waals surface area contributed by atoms with E-state index in [1.807, 2.05) is 6.92 Å². The number of rotatable bonds is 9. The first-order valence-corrected chi connectivity index (χ1v) is 8.69. The summed E-state index contributed by atoms with van der Waals surface area (Å²) in [6.07, 6.45) is 1.31. The van der Waals surface area contributed by atoms with Crippen molar-refractivity contribution in [3.05, 3.63) is 12.2 Å². The minimum atomic E-state index is -2.53. The van der Waals surface area contributed by atoms with Crippen LogP contribution in [0.2, 0.25) is 6.04 Å². The van der Waals surface area contributed by atoms with Gasteiger partial charge in [0.05, 0.1) is 6.61 Å². The van der Waals surface area contributed by atoms with Crippen LogP contribution >= 0.6 is 0 Å². The van der Waals surface area contributed by atoms with Gasteiger partial charge in [-0.1, -0.05) is 13.5 Å². The fourth-order valence-electron chi connectivity index (χ4n) is 1.13. The Kier molecular flexibility index (Phi) is 13.5. The molecule has 0 saturated carbocycles. The topological polar surface area (TPSA) is 71.1 Å². The monoisotopic (exact) mass is 320 g/mol. The van der Waals surface area contributed by atoms with Gasteiger partial charge < -0.3 is 22.8 Å². The Labute approximate surface area is 128 Å². The Bertz CT molecular complexity index is 317. The van der Waals surface area contributed by atoms with Crippen LogP contribution in [0.25, 0.3) is 0 Å². The number of carbonyl (C=O) groups excluding carboxylic acids is 2. The number of hydrogen-bond acceptors (Lipinski definition) is 6. The normalized spacial score (nSPS) is 10.4. The highest BCUT2D eigenvalue weighted by atomic mass is 28.4. The molecule has 21 heavy (non-hydrogen) atoms. The van der Waals surface area contributed by atoms with Crippen LogP contribution in [-0.4, -0.2) is 48.5 Å². The molecule has 0 aromatic heterocycles. The third-order valence-electron chi connectivity index (χ3n) is 2.64. The van der Waals surface area contributed by atoms with Crippen molar-refractivity contribution in [1.82, 2.24) is 0 Å². The van der Waals surface area contributed by atoms with Crippen LogP contribution < -0.4 is 0 Å². The summed E-state index contributed by atoms with van der Waals surface area (Å²) in [6.45, 7) is 8.85. The SMILES string of the molecule is C=C(C)C(=O)OCCC[Si](OC)(OC)OC.CCC(C)=O. The Balaban J connectivity index is 0. The van der Waals surface area contributed by atoms with E-state index < -0.39 is 8.80 Å². The van der Waals surface area contributed by atoms with Crippen molar-refractivity contribution in [3.63, 3.8) is 0 Å². The molecule has 0 aliphatic rings. The Hall–Kier alpha value is -1.02.